The maximum Gasteiger partial charge on any atom is 0.0951 e. The Labute approximate surface area is 106 Å². The van der Waals surface area contributed by atoms with E-state index >= 15 is 0 Å². The molecule has 0 radical (unpaired) electrons. The van der Waals surface area contributed by atoms with Gasteiger partial charge in [-0.15, -0.1) is 11.3 Å². The summed E-state index contributed by atoms with van der Waals surface area (Å²) in [5.74, 6) is 0. The number of thiazole rings is 1. The molecule has 0 fully saturated rings. The number of nitrogens with one attached hydrogen (secondary N) is 1. The van der Waals surface area contributed by atoms with E-state index in [9.17, 15) is 0 Å². The van der Waals surface area contributed by atoms with Crippen molar-refractivity contribution >= 4 is 21.6 Å². The van der Waals surface area contributed by atoms with Crippen molar-refractivity contribution in [2.24, 2.45) is 0 Å². The maximum atomic E-state index is 5.00. The van der Waals surface area contributed by atoms with Crippen LogP contribution in [0.25, 0.3) is 10.2 Å². The van der Waals surface area contributed by atoms with Gasteiger partial charge in [0.05, 0.1) is 15.2 Å². The van der Waals surface area contributed by atoms with E-state index in [1.165, 1.54) is 9.71 Å². The van der Waals surface area contributed by atoms with Gasteiger partial charge in [0.25, 0.3) is 0 Å². The molecule has 1 aromatic heterocycles. The van der Waals surface area contributed by atoms with E-state index in [-0.39, 0.29) is 0 Å². The molecule has 3 nitrogen and oxygen atoms in total. The Morgan fingerprint density at radius 3 is 3.00 bits per heavy atom. The third-order valence-electron chi connectivity index (χ3n) is 2.56. The van der Waals surface area contributed by atoms with Crippen LogP contribution in [0.4, 0.5) is 0 Å². The summed E-state index contributed by atoms with van der Waals surface area (Å²) in [7, 11) is 1.74. The third-order valence-corrected chi connectivity index (χ3v) is 3.65. The minimum Gasteiger partial charge on any atom is -0.385 e. The van der Waals surface area contributed by atoms with Gasteiger partial charge < -0.3 is 10.1 Å². The van der Waals surface area contributed by atoms with E-state index in [1.807, 2.05) is 6.07 Å². The van der Waals surface area contributed by atoms with E-state index in [0.29, 0.717) is 0 Å². The maximum absolute atomic E-state index is 5.00. The number of hydrogen-bond acceptors (Lipinski definition) is 4. The summed E-state index contributed by atoms with van der Waals surface area (Å²) in [6, 6.07) is 8.30. The molecule has 0 saturated carbocycles. The van der Waals surface area contributed by atoms with Gasteiger partial charge in [-0.2, -0.15) is 0 Å². The topological polar surface area (TPSA) is 34.1 Å². The van der Waals surface area contributed by atoms with Crippen LogP contribution in [-0.4, -0.2) is 31.8 Å². The Balaban J connectivity index is 1.75. The molecule has 1 aromatic carbocycles. The van der Waals surface area contributed by atoms with Crippen molar-refractivity contribution in [1.29, 1.82) is 0 Å². The molecule has 2 aromatic rings. The van der Waals surface area contributed by atoms with Crippen molar-refractivity contribution in [3.8, 4) is 0 Å². The van der Waals surface area contributed by atoms with Crippen LogP contribution in [0.15, 0.2) is 24.3 Å². The van der Waals surface area contributed by atoms with Crippen LogP contribution >= 0.6 is 11.3 Å². The largest absolute Gasteiger partial charge is 0.385 e. The first-order valence-corrected chi connectivity index (χ1v) is 6.76. The Hall–Kier alpha value is -0.970. The zero-order valence-corrected chi connectivity index (χ0v) is 10.9. The zero-order valence-electron chi connectivity index (χ0n) is 10.1. The van der Waals surface area contributed by atoms with E-state index in [2.05, 4.69) is 28.5 Å². The number of rotatable bonds is 7. The second-order valence-electron chi connectivity index (χ2n) is 3.92. The van der Waals surface area contributed by atoms with Crippen LogP contribution in [0.3, 0.4) is 0 Å². The lowest BCUT2D eigenvalue weighted by atomic mass is 10.3. The molecule has 2 rings (SSSR count). The third kappa shape index (κ3) is 3.77. The lowest BCUT2D eigenvalue weighted by molar-refractivity contribution is 0.194. The summed E-state index contributed by atoms with van der Waals surface area (Å²) < 4.78 is 6.28. The molecule has 1 heterocycles. The summed E-state index contributed by atoms with van der Waals surface area (Å²) in [4.78, 5) is 4.60. The SMILES string of the molecule is COCCCNCCc1nc2ccccc2s1. The molecule has 0 aliphatic heterocycles. The molecular formula is C13H18N2OS. The van der Waals surface area contributed by atoms with Gasteiger partial charge in [-0.1, -0.05) is 12.1 Å². The molecule has 17 heavy (non-hydrogen) atoms. The van der Waals surface area contributed by atoms with Crippen LogP contribution in [0, 0.1) is 0 Å². The average molecular weight is 250 g/mol. The van der Waals surface area contributed by atoms with Crippen LogP contribution in [-0.2, 0) is 11.2 Å². The highest BCUT2D eigenvalue weighted by atomic mass is 32.1. The van der Waals surface area contributed by atoms with Crippen LogP contribution in [0.2, 0.25) is 0 Å². The summed E-state index contributed by atoms with van der Waals surface area (Å²) in [6.07, 6.45) is 2.07. The quantitative estimate of drug-likeness (QED) is 0.767. The van der Waals surface area contributed by atoms with Crippen LogP contribution in [0.5, 0.6) is 0 Å². The first-order valence-electron chi connectivity index (χ1n) is 5.94. The predicted octanol–water partition coefficient (Wildman–Crippen LogP) is 2.46. The van der Waals surface area contributed by atoms with Gasteiger partial charge in [0.1, 0.15) is 0 Å². The number of nitrogens with zero attached hydrogens (tertiary/aromatic N) is 1. The molecule has 4 heteroatoms. The number of methoxy groups -OCH3 is 1. The monoisotopic (exact) mass is 250 g/mol. The van der Waals surface area contributed by atoms with Gasteiger partial charge in [0.15, 0.2) is 0 Å². The molecule has 92 valence electrons. The van der Waals surface area contributed by atoms with Crippen molar-refractivity contribution in [2.45, 2.75) is 12.8 Å². The minimum atomic E-state index is 0.828. The smallest absolute Gasteiger partial charge is 0.0951 e. The normalized spacial score (nSPS) is 11.1. The van der Waals surface area contributed by atoms with Crippen LogP contribution < -0.4 is 5.32 Å². The van der Waals surface area contributed by atoms with E-state index in [1.54, 1.807) is 18.4 Å². The van der Waals surface area contributed by atoms with E-state index in [4.69, 9.17) is 4.74 Å². The van der Waals surface area contributed by atoms with Gasteiger partial charge in [-0.3, -0.25) is 0 Å². The molecular weight excluding hydrogens is 232 g/mol. The summed E-state index contributed by atoms with van der Waals surface area (Å²) in [5.41, 5.74) is 1.12. The Morgan fingerprint density at radius 2 is 2.18 bits per heavy atom. The van der Waals surface area contributed by atoms with Gasteiger partial charge >= 0.3 is 0 Å². The molecule has 0 atom stereocenters. The molecule has 0 unspecified atom stereocenters. The number of aromatic nitrogens is 1. The highest BCUT2D eigenvalue weighted by Gasteiger charge is 2.01. The fourth-order valence-electron chi connectivity index (χ4n) is 1.69. The second kappa shape index (κ2) is 6.69. The summed E-state index contributed by atoms with van der Waals surface area (Å²) >= 11 is 1.79. The first-order chi connectivity index (χ1) is 8.40. The number of fused-ring (bicyclic) bond motifs is 1. The van der Waals surface area contributed by atoms with E-state index < -0.39 is 0 Å². The van der Waals surface area contributed by atoms with Crippen molar-refractivity contribution < 1.29 is 4.74 Å². The molecule has 0 bridgehead atoms. The highest BCUT2D eigenvalue weighted by molar-refractivity contribution is 7.18. The van der Waals surface area contributed by atoms with Gasteiger partial charge in [-0.25, -0.2) is 4.98 Å². The van der Waals surface area contributed by atoms with Crippen molar-refractivity contribution in [1.82, 2.24) is 10.3 Å². The first kappa shape index (κ1) is 12.5. The Kier molecular flexibility index (Phi) is 4.91. The Bertz CT molecular complexity index is 422. The lowest BCUT2D eigenvalue weighted by Gasteiger charge is -2.01. The number of hydrogen-bond donors (Lipinski definition) is 1. The lowest BCUT2D eigenvalue weighted by Crippen LogP contribution is -2.19. The second-order valence-corrected chi connectivity index (χ2v) is 5.04. The highest BCUT2D eigenvalue weighted by Crippen LogP contribution is 2.21. The molecule has 0 aliphatic rings. The molecule has 0 aliphatic carbocycles. The number of benzene rings is 1. The van der Waals surface area contributed by atoms with Crippen molar-refractivity contribution in [3.63, 3.8) is 0 Å². The fourth-order valence-corrected chi connectivity index (χ4v) is 2.66. The Morgan fingerprint density at radius 1 is 1.29 bits per heavy atom. The standard InChI is InChI=1S/C13H18N2OS/c1-16-10-4-8-14-9-7-13-15-11-5-2-3-6-12(11)17-13/h2-3,5-6,14H,4,7-10H2,1H3. The number of ether oxygens (including phenoxy) is 1. The summed E-state index contributed by atoms with van der Waals surface area (Å²) in [6.45, 7) is 2.83. The minimum absolute atomic E-state index is 0.828. The predicted molar refractivity (Wildman–Crippen MR) is 72.7 cm³/mol. The average Bonchev–Trinajstić information content (AvgIpc) is 2.76. The van der Waals surface area contributed by atoms with E-state index in [0.717, 1.165) is 38.1 Å². The van der Waals surface area contributed by atoms with Gasteiger partial charge in [0.2, 0.25) is 0 Å². The molecule has 0 amide bonds. The van der Waals surface area contributed by atoms with Crippen molar-refractivity contribution in [2.75, 3.05) is 26.8 Å². The van der Waals surface area contributed by atoms with Gasteiger partial charge in [-0.05, 0) is 25.1 Å². The molecule has 0 saturated heterocycles. The van der Waals surface area contributed by atoms with Gasteiger partial charge in [0, 0.05) is 26.7 Å². The summed E-state index contributed by atoms with van der Waals surface area (Å²) in [5, 5.41) is 4.61. The van der Waals surface area contributed by atoms with Crippen molar-refractivity contribution in [3.05, 3.63) is 29.3 Å². The zero-order chi connectivity index (χ0) is 11.9. The van der Waals surface area contributed by atoms with Crippen LogP contribution in [0.1, 0.15) is 11.4 Å². The fraction of sp³-hybridized carbons (Fsp3) is 0.462. The number of para-hydroxylation sites is 1. The molecule has 1 N–H and O–H groups in total. The molecule has 0 spiro atoms.